The normalized spacial score (nSPS) is 18.5. The van der Waals surface area contributed by atoms with E-state index in [4.69, 9.17) is 10.5 Å². The van der Waals surface area contributed by atoms with Crippen molar-refractivity contribution in [3.8, 4) is 5.75 Å². The van der Waals surface area contributed by atoms with E-state index < -0.39 is 5.54 Å². The molecule has 1 unspecified atom stereocenters. The van der Waals surface area contributed by atoms with Crippen molar-refractivity contribution in [2.24, 2.45) is 5.73 Å². The molecule has 0 saturated heterocycles. The van der Waals surface area contributed by atoms with Gasteiger partial charge in [-0.1, -0.05) is 31.4 Å². The summed E-state index contributed by atoms with van der Waals surface area (Å²) in [6, 6.07) is 8.04. The summed E-state index contributed by atoms with van der Waals surface area (Å²) in [6.45, 7) is 0.540. The number of rotatable bonds is 6. The van der Waals surface area contributed by atoms with Crippen LogP contribution in [0.1, 0.15) is 43.7 Å². The van der Waals surface area contributed by atoms with E-state index in [1.807, 2.05) is 32.3 Å². The van der Waals surface area contributed by atoms with Crippen LogP contribution in [0.15, 0.2) is 24.3 Å². The van der Waals surface area contributed by atoms with Crippen molar-refractivity contribution < 1.29 is 9.53 Å². The number of nitrogens with zero attached hydrogens (tertiary/aromatic N) is 1. The van der Waals surface area contributed by atoms with E-state index >= 15 is 0 Å². The molecule has 1 aliphatic carbocycles. The Morgan fingerprint density at radius 2 is 2.04 bits per heavy atom. The van der Waals surface area contributed by atoms with Crippen LogP contribution in [0, 0.1) is 0 Å². The maximum absolute atomic E-state index is 12.5. The molecule has 23 heavy (non-hydrogen) atoms. The molecule has 2 rings (SSSR count). The molecule has 5 nitrogen and oxygen atoms in total. The van der Waals surface area contributed by atoms with Crippen molar-refractivity contribution in [3.05, 3.63) is 29.8 Å². The van der Waals surface area contributed by atoms with Gasteiger partial charge >= 0.3 is 0 Å². The molecule has 1 amide bonds. The highest BCUT2D eigenvalue weighted by atomic mass is 16.5. The first-order valence-electron chi connectivity index (χ1n) is 8.34. The minimum atomic E-state index is -0.691. The zero-order chi connectivity index (χ0) is 16.9. The van der Waals surface area contributed by atoms with Crippen LogP contribution in [0.5, 0.6) is 5.75 Å². The number of hydrogen-bond acceptors (Lipinski definition) is 4. The quantitative estimate of drug-likeness (QED) is 0.842. The largest absolute Gasteiger partial charge is 0.497 e. The van der Waals surface area contributed by atoms with E-state index in [0.717, 1.165) is 37.0 Å². The fourth-order valence-electron chi connectivity index (χ4n) is 3.22. The lowest BCUT2D eigenvalue weighted by atomic mass is 9.82. The van der Waals surface area contributed by atoms with E-state index in [1.54, 1.807) is 7.11 Å². The summed E-state index contributed by atoms with van der Waals surface area (Å²) < 4.78 is 5.30. The number of hydrogen-bond donors (Lipinski definition) is 2. The van der Waals surface area contributed by atoms with Crippen LogP contribution in [-0.2, 0) is 4.79 Å². The number of carbonyl (C=O) groups is 1. The van der Waals surface area contributed by atoms with E-state index in [9.17, 15) is 4.79 Å². The second kappa shape index (κ2) is 7.79. The Hall–Kier alpha value is -1.59. The van der Waals surface area contributed by atoms with Crippen LogP contribution in [0.2, 0.25) is 0 Å². The molecule has 0 aromatic heterocycles. The molecule has 1 aliphatic rings. The zero-order valence-electron chi connectivity index (χ0n) is 14.5. The Morgan fingerprint density at radius 1 is 1.35 bits per heavy atom. The summed E-state index contributed by atoms with van der Waals surface area (Å²) in [4.78, 5) is 14.6. The summed E-state index contributed by atoms with van der Waals surface area (Å²) in [7, 11) is 5.68. The minimum Gasteiger partial charge on any atom is -0.497 e. The molecular formula is C18H29N3O2. The lowest BCUT2D eigenvalue weighted by Crippen LogP contribution is -2.55. The number of benzene rings is 1. The van der Waals surface area contributed by atoms with Crippen LogP contribution in [0.3, 0.4) is 0 Å². The highest BCUT2D eigenvalue weighted by molar-refractivity contribution is 5.86. The number of methoxy groups -OCH3 is 1. The fourth-order valence-corrected chi connectivity index (χ4v) is 3.22. The average Bonchev–Trinajstić information content (AvgIpc) is 2.55. The average molecular weight is 319 g/mol. The highest BCUT2D eigenvalue weighted by Crippen LogP contribution is 2.27. The first-order valence-corrected chi connectivity index (χ1v) is 8.34. The van der Waals surface area contributed by atoms with Crippen molar-refractivity contribution in [2.45, 2.75) is 43.7 Å². The fraction of sp³-hybridized carbons (Fsp3) is 0.611. The SMILES string of the molecule is COc1cccc(C(CNC(=O)C2(N)CCCCC2)N(C)C)c1. The van der Waals surface area contributed by atoms with Crippen LogP contribution < -0.4 is 15.8 Å². The molecule has 0 bridgehead atoms. The van der Waals surface area contributed by atoms with Gasteiger partial charge in [0.05, 0.1) is 18.7 Å². The van der Waals surface area contributed by atoms with Crippen LogP contribution in [0.25, 0.3) is 0 Å². The number of nitrogens with two attached hydrogens (primary N) is 1. The van der Waals surface area contributed by atoms with Gasteiger partial charge in [-0.25, -0.2) is 0 Å². The molecule has 0 spiro atoms. The lowest BCUT2D eigenvalue weighted by molar-refractivity contribution is -0.127. The molecule has 1 aromatic rings. The number of carbonyl (C=O) groups excluding carboxylic acids is 1. The van der Waals surface area contributed by atoms with Gasteiger partial charge in [-0.3, -0.25) is 4.79 Å². The van der Waals surface area contributed by atoms with Crippen molar-refractivity contribution in [2.75, 3.05) is 27.7 Å². The molecule has 5 heteroatoms. The molecule has 1 saturated carbocycles. The van der Waals surface area contributed by atoms with Gasteiger partial charge in [-0.15, -0.1) is 0 Å². The Balaban J connectivity index is 2.03. The van der Waals surface area contributed by atoms with Crippen molar-refractivity contribution >= 4 is 5.91 Å². The highest BCUT2D eigenvalue weighted by Gasteiger charge is 2.35. The monoisotopic (exact) mass is 319 g/mol. The number of likely N-dealkylation sites (N-methyl/N-ethyl adjacent to an activating group) is 1. The van der Waals surface area contributed by atoms with E-state index in [0.29, 0.717) is 6.54 Å². The zero-order valence-corrected chi connectivity index (χ0v) is 14.5. The molecule has 0 radical (unpaired) electrons. The predicted molar refractivity (Wildman–Crippen MR) is 92.4 cm³/mol. The topological polar surface area (TPSA) is 67.6 Å². The molecule has 1 atom stereocenters. The van der Waals surface area contributed by atoms with Crippen LogP contribution in [0.4, 0.5) is 0 Å². The number of nitrogens with one attached hydrogen (secondary N) is 1. The third kappa shape index (κ3) is 4.45. The second-order valence-corrected chi connectivity index (χ2v) is 6.68. The third-order valence-electron chi connectivity index (χ3n) is 4.76. The summed E-state index contributed by atoms with van der Waals surface area (Å²) >= 11 is 0. The predicted octanol–water partition coefficient (Wildman–Crippen LogP) is 2.08. The standard InChI is InChI=1S/C18H29N3O2/c1-21(2)16(14-8-7-9-15(12-14)23-3)13-20-17(22)18(19)10-5-4-6-11-18/h7-9,12,16H,4-6,10-11,13,19H2,1-3H3,(H,20,22). The summed E-state index contributed by atoms with van der Waals surface area (Å²) in [6.07, 6.45) is 4.82. The molecule has 1 fully saturated rings. The Labute approximate surface area is 139 Å². The molecule has 1 aromatic carbocycles. The van der Waals surface area contributed by atoms with E-state index in [-0.39, 0.29) is 11.9 Å². The minimum absolute atomic E-state index is 0.0213. The smallest absolute Gasteiger partial charge is 0.240 e. The van der Waals surface area contributed by atoms with Gasteiger partial charge in [0.1, 0.15) is 5.75 Å². The number of amides is 1. The van der Waals surface area contributed by atoms with Gasteiger partial charge in [-0.2, -0.15) is 0 Å². The molecule has 128 valence electrons. The number of ether oxygens (including phenoxy) is 1. The Kier molecular flexibility index (Phi) is 6.02. The Bertz CT molecular complexity index is 525. The second-order valence-electron chi connectivity index (χ2n) is 6.68. The lowest BCUT2D eigenvalue weighted by Gasteiger charge is -2.33. The summed E-state index contributed by atoms with van der Waals surface area (Å²) in [5.41, 5.74) is 6.73. The van der Waals surface area contributed by atoms with Gasteiger partial charge in [0.2, 0.25) is 5.91 Å². The van der Waals surface area contributed by atoms with Gasteiger partial charge < -0.3 is 20.7 Å². The van der Waals surface area contributed by atoms with Gasteiger partial charge in [0.15, 0.2) is 0 Å². The van der Waals surface area contributed by atoms with Crippen molar-refractivity contribution in [1.29, 1.82) is 0 Å². The molecule has 0 heterocycles. The summed E-state index contributed by atoms with van der Waals surface area (Å²) in [5.74, 6) is 0.801. The van der Waals surface area contributed by atoms with Crippen LogP contribution >= 0.6 is 0 Å². The van der Waals surface area contributed by atoms with Gasteiger partial charge in [-0.05, 0) is 44.6 Å². The third-order valence-corrected chi connectivity index (χ3v) is 4.76. The first kappa shape index (κ1) is 17.8. The Morgan fingerprint density at radius 3 is 2.65 bits per heavy atom. The van der Waals surface area contributed by atoms with Crippen molar-refractivity contribution in [3.63, 3.8) is 0 Å². The summed E-state index contributed by atoms with van der Waals surface area (Å²) in [5, 5.41) is 3.06. The first-order chi connectivity index (χ1) is 11.0. The van der Waals surface area contributed by atoms with E-state index in [2.05, 4.69) is 16.3 Å². The molecular weight excluding hydrogens is 290 g/mol. The molecule has 3 N–H and O–H groups in total. The van der Waals surface area contributed by atoms with Crippen LogP contribution in [-0.4, -0.2) is 44.1 Å². The molecule has 0 aliphatic heterocycles. The van der Waals surface area contributed by atoms with Gasteiger partial charge in [0.25, 0.3) is 0 Å². The van der Waals surface area contributed by atoms with Gasteiger partial charge in [0, 0.05) is 6.54 Å². The maximum atomic E-state index is 12.5. The maximum Gasteiger partial charge on any atom is 0.240 e. The van der Waals surface area contributed by atoms with Crippen molar-refractivity contribution in [1.82, 2.24) is 10.2 Å². The van der Waals surface area contributed by atoms with E-state index in [1.165, 1.54) is 6.42 Å².